The lowest BCUT2D eigenvalue weighted by Crippen LogP contribution is -2.44. The molecule has 0 amide bonds. The van der Waals surface area contributed by atoms with Gasteiger partial charge in [-0.3, -0.25) is 9.89 Å². The molecule has 0 radical (unpaired) electrons. The van der Waals surface area contributed by atoms with Crippen molar-refractivity contribution in [3.05, 3.63) is 0 Å². The Hall–Kier alpha value is -0.530. The summed E-state index contributed by atoms with van der Waals surface area (Å²) in [6.45, 7) is 6.10. The normalized spacial score (nSPS) is 25.9. The highest BCUT2D eigenvalue weighted by molar-refractivity contribution is 5.80. The van der Waals surface area contributed by atoms with E-state index >= 15 is 0 Å². The predicted octanol–water partition coefficient (Wildman–Crippen LogP) is 2.77. The van der Waals surface area contributed by atoms with E-state index in [1.807, 2.05) is 0 Å². The zero-order valence-electron chi connectivity index (χ0n) is 10.8. The molecule has 0 spiro atoms. The van der Waals surface area contributed by atoms with Crippen molar-refractivity contribution in [2.24, 2.45) is 5.92 Å². The van der Waals surface area contributed by atoms with Gasteiger partial charge in [-0.2, -0.15) is 0 Å². The van der Waals surface area contributed by atoms with Crippen LogP contribution in [0.2, 0.25) is 0 Å². The molecule has 2 aliphatic heterocycles. The van der Waals surface area contributed by atoms with E-state index in [1.54, 1.807) is 5.84 Å². The van der Waals surface area contributed by atoms with Gasteiger partial charge >= 0.3 is 0 Å². The molecule has 92 valence electrons. The number of amidine groups is 1. The molecule has 0 aromatic heterocycles. The van der Waals surface area contributed by atoms with Crippen LogP contribution in [-0.2, 0) is 0 Å². The number of hydrogen-bond acceptors (Lipinski definition) is 1. The van der Waals surface area contributed by atoms with Crippen LogP contribution in [-0.4, -0.2) is 30.0 Å². The minimum absolute atomic E-state index is 0.842. The summed E-state index contributed by atoms with van der Waals surface area (Å²) < 4.78 is 2.63. The largest absolute Gasteiger partial charge is 0.278 e. The Labute approximate surface area is 100 Å². The second-order valence-electron chi connectivity index (χ2n) is 5.34. The van der Waals surface area contributed by atoms with Gasteiger partial charge in [0.1, 0.15) is 0 Å². The minimum Gasteiger partial charge on any atom is -0.278 e. The molecule has 16 heavy (non-hydrogen) atoms. The zero-order chi connectivity index (χ0) is 11.2. The summed E-state index contributed by atoms with van der Waals surface area (Å²) in [6, 6.07) is 0. The van der Waals surface area contributed by atoms with E-state index < -0.39 is 0 Å². The molecule has 2 heterocycles. The third-order valence-electron chi connectivity index (χ3n) is 4.03. The van der Waals surface area contributed by atoms with Crippen LogP contribution in [0.25, 0.3) is 0 Å². The topological polar surface area (TPSA) is 15.0 Å². The summed E-state index contributed by atoms with van der Waals surface area (Å²) in [6.07, 6.45) is 11.2. The molecule has 0 saturated carbocycles. The Morgan fingerprint density at radius 2 is 2.06 bits per heavy atom. The molecule has 2 aliphatic rings. The average molecular weight is 223 g/mol. The molecule has 1 unspecified atom stereocenters. The van der Waals surface area contributed by atoms with E-state index in [1.165, 1.54) is 71.0 Å². The first-order valence-electron chi connectivity index (χ1n) is 7.27. The van der Waals surface area contributed by atoms with Crippen LogP contribution in [0.5, 0.6) is 0 Å². The molecule has 0 saturated heterocycles. The van der Waals surface area contributed by atoms with Crippen molar-refractivity contribution >= 4 is 5.84 Å². The van der Waals surface area contributed by atoms with E-state index in [9.17, 15) is 0 Å². The SMILES string of the molecule is CCCCCC1CCCC[N+]2=C1NCCC2. The Bertz CT molecular complexity index is 245. The van der Waals surface area contributed by atoms with Crippen molar-refractivity contribution < 1.29 is 4.58 Å². The van der Waals surface area contributed by atoms with Crippen LogP contribution >= 0.6 is 0 Å². The van der Waals surface area contributed by atoms with Gasteiger partial charge in [0.15, 0.2) is 0 Å². The number of rotatable bonds is 4. The Morgan fingerprint density at radius 3 is 2.94 bits per heavy atom. The van der Waals surface area contributed by atoms with Gasteiger partial charge < -0.3 is 0 Å². The van der Waals surface area contributed by atoms with Crippen LogP contribution in [0, 0.1) is 5.92 Å². The first kappa shape index (κ1) is 11.9. The molecular formula is C14H27N2+. The summed E-state index contributed by atoms with van der Waals surface area (Å²) in [4.78, 5) is 0. The summed E-state index contributed by atoms with van der Waals surface area (Å²) >= 11 is 0. The van der Waals surface area contributed by atoms with Gasteiger partial charge in [0.05, 0.1) is 25.6 Å². The molecule has 0 fully saturated rings. The maximum absolute atomic E-state index is 3.68. The fraction of sp³-hybridized carbons (Fsp3) is 0.929. The highest BCUT2D eigenvalue weighted by Crippen LogP contribution is 2.21. The molecule has 2 nitrogen and oxygen atoms in total. The quantitative estimate of drug-likeness (QED) is 0.572. The second-order valence-corrected chi connectivity index (χ2v) is 5.34. The summed E-state index contributed by atoms with van der Waals surface area (Å²) in [5.74, 6) is 2.44. The summed E-state index contributed by atoms with van der Waals surface area (Å²) in [7, 11) is 0. The molecule has 0 aromatic carbocycles. The highest BCUT2D eigenvalue weighted by atomic mass is 15.1. The Morgan fingerprint density at radius 1 is 1.19 bits per heavy atom. The molecular weight excluding hydrogens is 196 g/mol. The van der Waals surface area contributed by atoms with E-state index in [0.29, 0.717) is 0 Å². The number of nitrogens with one attached hydrogen (secondary N) is 1. The van der Waals surface area contributed by atoms with E-state index in [4.69, 9.17) is 0 Å². The Balaban J connectivity index is 1.97. The van der Waals surface area contributed by atoms with Gasteiger partial charge in [-0.25, -0.2) is 0 Å². The van der Waals surface area contributed by atoms with Crippen LogP contribution in [0.4, 0.5) is 0 Å². The molecule has 0 aliphatic carbocycles. The van der Waals surface area contributed by atoms with Crippen LogP contribution in [0.15, 0.2) is 0 Å². The molecule has 2 rings (SSSR count). The number of unbranched alkanes of at least 4 members (excludes halogenated alkanes) is 2. The molecule has 0 aromatic rings. The smallest absolute Gasteiger partial charge is 0.247 e. The molecule has 0 bridgehead atoms. The van der Waals surface area contributed by atoms with Crippen molar-refractivity contribution in [3.8, 4) is 0 Å². The average Bonchev–Trinajstić information content (AvgIpc) is 2.52. The maximum atomic E-state index is 3.68. The van der Waals surface area contributed by atoms with Crippen LogP contribution in [0.3, 0.4) is 0 Å². The van der Waals surface area contributed by atoms with E-state index in [-0.39, 0.29) is 0 Å². The monoisotopic (exact) mass is 223 g/mol. The van der Waals surface area contributed by atoms with Crippen LogP contribution < -0.4 is 5.32 Å². The zero-order valence-corrected chi connectivity index (χ0v) is 10.8. The Kier molecular flexibility index (Phi) is 4.68. The van der Waals surface area contributed by atoms with Crippen molar-refractivity contribution in [1.29, 1.82) is 0 Å². The van der Waals surface area contributed by atoms with E-state index in [0.717, 1.165) is 5.92 Å². The lowest BCUT2D eigenvalue weighted by atomic mass is 9.94. The molecule has 1 N–H and O–H groups in total. The van der Waals surface area contributed by atoms with Gasteiger partial charge in [0.2, 0.25) is 5.84 Å². The predicted molar refractivity (Wildman–Crippen MR) is 69.1 cm³/mol. The lowest BCUT2D eigenvalue weighted by molar-refractivity contribution is -0.535. The summed E-state index contributed by atoms with van der Waals surface area (Å²) in [5, 5.41) is 3.68. The highest BCUT2D eigenvalue weighted by Gasteiger charge is 2.28. The number of nitrogens with zero attached hydrogens (tertiary/aromatic N) is 1. The van der Waals surface area contributed by atoms with Gasteiger partial charge in [0.25, 0.3) is 0 Å². The standard InChI is InChI=1S/C14H26N2/c1-2-3-4-8-13-9-5-6-11-16-12-7-10-15-14(13)16/h13H,2-12H2,1H3/p+1. The second kappa shape index (κ2) is 6.27. The third kappa shape index (κ3) is 2.99. The van der Waals surface area contributed by atoms with Gasteiger partial charge in [-0.1, -0.05) is 26.2 Å². The summed E-state index contributed by atoms with van der Waals surface area (Å²) in [5.41, 5.74) is 0. The van der Waals surface area contributed by atoms with E-state index in [2.05, 4.69) is 16.8 Å². The van der Waals surface area contributed by atoms with Crippen molar-refractivity contribution in [1.82, 2.24) is 5.32 Å². The van der Waals surface area contributed by atoms with Crippen molar-refractivity contribution in [3.63, 3.8) is 0 Å². The fourth-order valence-electron chi connectivity index (χ4n) is 3.11. The molecule has 2 heteroatoms. The first-order chi connectivity index (χ1) is 7.92. The van der Waals surface area contributed by atoms with Crippen LogP contribution in [0.1, 0.15) is 58.3 Å². The van der Waals surface area contributed by atoms with Gasteiger partial charge in [-0.05, 0) is 25.7 Å². The minimum atomic E-state index is 0.842. The van der Waals surface area contributed by atoms with Gasteiger partial charge in [0, 0.05) is 6.42 Å². The fourth-order valence-corrected chi connectivity index (χ4v) is 3.11. The van der Waals surface area contributed by atoms with Gasteiger partial charge in [-0.15, -0.1) is 0 Å². The van der Waals surface area contributed by atoms with Crippen molar-refractivity contribution in [2.75, 3.05) is 19.6 Å². The molecule has 1 atom stereocenters. The third-order valence-corrected chi connectivity index (χ3v) is 4.03. The maximum Gasteiger partial charge on any atom is 0.247 e. The van der Waals surface area contributed by atoms with Crippen molar-refractivity contribution in [2.45, 2.75) is 58.3 Å². The first-order valence-corrected chi connectivity index (χ1v) is 7.27. The number of hydrogen-bond donors (Lipinski definition) is 1. The lowest BCUT2D eigenvalue weighted by Gasteiger charge is -2.21.